The van der Waals surface area contributed by atoms with Crippen LogP contribution in [0.2, 0.25) is 0 Å². The summed E-state index contributed by atoms with van der Waals surface area (Å²) in [4.78, 5) is 0. The predicted octanol–water partition coefficient (Wildman–Crippen LogP) is 2.34. The summed E-state index contributed by atoms with van der Waals surface area (Å²) in [7, 11) is 1.68. The lowest BCUT2D eigenvalue weighted by Crippen LogP contribution is -2.19. The lowest BCUT2D eigenvalue weighted by molar-refractivity contribution is 0.0696. The van der Waals surface area contributed by atoms with Crippen LogP contribution in [-0.2, 0) is 9.47 Å². The van der Waals surface area contributed by atoms with Crippen LogP contribution in [0.5, 0.6) is 0 Å². The normalized spacial score (nSPS) is 10.5. The van der Waals surface area contributed by atoms with Gasteiger partial charge in [0, 0.05) is 20.3 Å². The van der Waals surface area contributed by atoms with E-state index >= 15 is 0 Å². The van der Waals surface area contributed by atoms with Gasteiger partial charge < -0.3 is 14.8 Å². The number of ether oxygens (including phenoxy) is 2. The predicted molar refractivity (Wildman–Crippen MR) is 75.7 cm³/mol. The summed E-state index contributed by atoms with van der Waals surface area (Å²) in [6.07, 6.45) is 1.01. The first-order chi connectivity index (χ1) is 8.84. The molecule has 0 saturated carbocycles. The first-order valence-corrected chi connectivity index (χ1v) is 6.35. The molecule has 0 amide bonds. The molecule has 0 radical (unpaired) electrons. The van der Waals surface area contributed by atoms with Gasteiger partial charge >= 0.3 is 0 Å². The van der Waals surface area contributed by atoms with E-state index in [9.17, 15) is 0 Å². The van der Waals surface area contributed by atoms with Crippen LogP contribution < -0.4 is 5.32 Å². The van der Waals surface area contributed by atoms with E-state index in [1.165, 1.54) is 5.56 Å². The Hall–Kier alpha value is -1.16. The van der Waals surface area contributed by atoms with Crippen LogP contribution in [0.4, 0.5) is 0 Å². The number of nitrogens with one attached hydrogen (secondary N) is 1. The van der Waals surface area contributed by atoms with Crippen molar-refractivity contribution in [2.24, 2.45) is 0 Å². The van der Waals surface area contributed by atoms with Gasteiger partial charge in [-0.3, -0.25) is 0 Å². The van der Waals surface area contributed by atoms with E-state index in [2.05, 4.69) is 24.0 Å². The summed E-state index contributed by atoms with van der Waals surface area (Å²) in [5.74, 6) is 0. The fourth-order valence-corrected chi connectivity index (χ4v) is 1.56. The van der Waals surface area contributed by atoms with Crippen LogP contribution in [0.25, 0.3) is 5.57 Å². The molecule has 18 heavy (non-hydrogen) atoms. The molecule has 0 atom stereocenters. The number of hydrogen-bond donors (Lipinski definition) is 1. The molecule has 3 nitrogen and oxygen atoms in total. The fourth-order valence-electron chi connectivity index (χ4n) is 1.56. The van der Waals surface area contributed by atoms with Crippen molar-refractivity contribution in [2.75, 3.05) is 40.0 Å². The smallest absolute Gasteiger partial charge is 0.0700 e. The van der Waals surface area contributed by atoms with E-state index in [4.69, 9.17) is 9.47 Å². The van der Waals surface area contributed by atoms with Gasteiger partial charge in [0.25, 0.3) is 0 Å². The molecule has 0 unspecified atom stereocenters. The maximum atomic E-state index is 5.38. The van der Waals surface area contributed by atoms with Crippen molar-refractivity contribution in [1.29, 1.82) is 0 Å². The molecule has 0 aromatic heterocycles. The molecule has 0 fully saturated rings. The van der Waals surface area contributed by atoms with Crippen molar-refractivity contribution in [3.8, 4) is 0 Å². The Morgan fingerprint density at radius 2 is 1.94 bits per heavy atom. The second-order valence-corrected chi connectivity index (χ2v) is 4.11. The Morgan fingerprint density at radius 1 is 1.17 bits per heavy atom. The molecule has 1 aromatic carbocycles. The lowest BCUT2D eigenvalue weighted by Gasteiger charge is -2.08. The highest BCUT2D eigenvalue weighted by molar-refractivity contribution is 5.64. The minimum atomic E-state index is 0.665. The Kier molecular flexibility index (Phi) is 8.13. The van der Waals surface area contributed by atoms with Crippen molar-refractivity contribution >= 4 is 5.57 Å². The summed E-state index contributed by atoms with van der Waals surface area (Å²) in [6, 6.07) is 10.2. The van der Waals surface area contributed by atoms with Gasteiger partial charge in [0.05, 0.1) is 13.2 Å². The average Bonchev–Trinajstić information content (AvgIpc) is 2.42. The van der Waals surface area contributed by atoms with Crippen molar-refractivity contribution in [3.05, 3.63) is 42.5 Å². The average molecular weight is 249 g/mol. The van der Waals surface area contributed by atoms with Crippen molar-refractivity contribution in [3.63, 3.8) is 0 Å². The molecule has 1 rings (SSSR count). The monoisotopic (exact) mass is 249 g/mol. The highest BCUT2D eigenvalue weighted by atomic mass is 16.5. The van der Waals surface area contributed by atoms with Crippen molar-refractivity contribution in [1.82, 2.24) is 5.32 Å². The van der Waals surface area contributed by atoms with Gasteiger partial charge in [-0.2, -0.15) is 0 Å². The van der Waals surface area contributed by atoms with Crippen LogP contribution in [0.1, 0.15) is 12.0 Å². The largest absolute Gasteiger partial charge is 0.382 e. The number of rotatable bonds is 10. The van der Waals surface area contributed by atoms with Crippen LogP contribution in [0.3, 0.4) is 0 Å². The molecule has 3 heteroatoms. The highest BCUT2D eigenvalue weighted by Crippen LogP contribution is 2.09. The van der Waals surface area contributed by atoms with Gasteiger partial charge in [0.1, 0.15) is 0 Å². The Morgan fingerprint density at radius 3 is 2.67 bits per heavy atom. The molecule has 0 saturated heterocycles. The standard InChI is InChI=1S/C15H23NO2/c1-14(15-7-4-3-5-8-15)13-16-9-6-10-18-12-11-17-2/h3-5,7-8,16H,1,6,9-13H2,2H3. The number of hydrogen-bond acceptors (Lipinski definition) is 3. The van der Waals surface area contributed by atoms with Crippen LogP contribution in [0, 0.1) is 0 Å². The van der Waals surface area contributed by atoms with Crippen molar-refractivity contribution < 1.29 is 9.47 Å². The molecular weight excluding hydrogens is 226 g/mol. The van der Waals surface area contributed by atoms with E-state index < -0.39 is 0 Å². The van der Waals surface area contributed by atoms with Gasteiger partial charge in [-0.25, -0.2) is 0 Å². The van der Waals surface area contributed by atoms with Gasteiger partial charge in [0.15, 0.2) is 0 Å². The third-order valence-electron chi connectivity index (χ3n) is 2.59. The van der Waals surface area contributed by atoms with Gasteiger partial charge in [0.2, 0.25) is 0 Å². The maximum absolute atomic E-state index is 5.38. The Labute approximate surface area is 110 Å². The molecular formula is C15H23NO2. The molecule has 0 aliphatic rings. The zero-order valence-corrected chi connectivity index (χ0v) is 11.2. The first kappa shape index (κ1) is 14.9. The molecule has 0 bridgehead atoms. The third-order valence-corrected chi connectivity index (χ3v) is 2.59. The SMILES string of the molecule is C=C(CNCCCOCCOC)c1ccccc1. The molecule has 0 heterocycles. The lowest BCUT2D eigenvalue weighted by atomic mass is 10.1. The Bertz CT molecular complexity index is 325. The number of methoxy groups -OCH3 is 1. The second-order valence-electron chi connectivity index (χ2n) is 4.11. The Balaban J connectivity index is 2.00. The first-order valence-electron chi connectivity index (χ1n) is 6.35. The summed E-state index contributed by atoms with van der Waals surface area (Å²) < 4.78 is 10.3. The summed E-state index contributed by atoms with van der Waals surface area (Å²) >= 11 is 0. The van der Waals surface area contributed by atoms with E-state index in [-0.39, 0.29) is 0 Å². The van der Waals surface area contributed by atoms with E-state index in [0.29, 0.717) is 13.2 Å². The summed E-state index contributed by atoms with van der Waals surface area (Å²) in [5, 5.41) is 3.36. The fraction of sp³-hybridized carbons (Fsp3) is 0.467. The van der Waals surface area contributed by atoms with Gasteiger partial charge in [-0.15, -0.1) is 0 Å². The van der Waals surface area contributed by atoms with Gasteiger partial charge in [-0.1, -0.05) is 36.9 Å². The van der Waals surface area contributed by atoms with Crippen LogP contribution in [-0.4, -0.2) is 40.0 Å². The van der Waals surface area contributed by atoms with Crippen LogP contribution >= 0.6 is 0 Å². The molecule has 0 spiro atoms. The highest BCUT2D eigenvalue weighted by Gasteiger charge is 1.97. The summed E-state index contributed by atoms with van der Waals surface area (Å²) in [5.41, 5.74) is 2.32. The quantitative estimate of drug-likeness (QED) is 0.646. The second kappa shape index (κ2) is 9.83. The maximum Gasteiger partial charge on any atom is 0.0700 e. The molecule has 0 aliphatic carbocycles. The summed E-state index contributed by atoms with van der Waals surface area (Å²) in [6.45, 7) is 7.95. The third kappa shape index (κ3) is 6.55. The number of benzene rings is 1. The van der Waals surface area contributed by atoms with Crippen molar-refractivity contribution in [2.45, 2.75) is 6.42 Å². The van der Waals surface area contributed by atoms with E-state index in [1.54, 1.807) is 7.11 Å². The molecule has 0 aliphatic heterocycles. The minimum Gasteiger partial charge on any atom is -0.382 e. The zero-order chi connectivity index (χ0) is 13.1. The van der Waals surface area contributed by atoms with Crippen LogP contribution in [0.15, 0.2) is 36.9 Å². The topological polar surface area (TPSA) is 30.5 Å². The molecule has 100 valence electrons. The van der Waals surface area contributed by atoms with Gasteiger partial charge in [-0.05, 0) is 24.1 Å². The van der Waals surface area contributed by atoms with E-state index in [1.807, 2.05) is 18.2 Å². The molecule has 1 aromatic rings. The minimum absolute atomic E-state index is 0.665. The zero-order valence-electron chi connectivity index (χ0n) is 11.2. The van der Waals surface area contributed by atoms with E-state index in [0.717, 1.165) is 31.7 Å². The molecule has 1 N–H and O–H groups in total.